The number of aromatic nitrogens is 2. The number of ether oxygens (including phenoxy) is 2. The van der Waals surface area contributed by atoms with Crippen LogP contribution in [0.25, 0.3) is 0 Å². The van der Waals surface area contributed by atoms with Gasteiger partial charge in [-0.15, -0.1) is 0 Å². The molecule has 0 bridgehead atoms. The number of nitrogens with one attached hydrogen (secondary N) is 2. The third-order valence-corrected chi connectivity index (χ3v) is 4.41. The van der Waals surface area contributed by atoms with Gasteiger partial charge in [0.25, 0.3) is 0 Å². The lowest BCUT2D eigenvalue weighted by Gasteiger charge is -2.26. The average molecular weight is 357 g/mol. The number of hydrogen-bond acceptors (Lipinski definition) is 5. The zero-order chi connectivity index (χ0) is 18.5. The number of rotatable bonds is 6. The Bertz CT molecular complexity index is 821. The van der Waals surface area contributed by atoms with Gasteiger partial charge in [0, 0.05) is 30.8 Å². The molecule has 0 radical (unpaired) electrons. The predicted octanol–water partition coefficient (Wildman–Crippen LogP) is 1.67. The van der Waals surface area contributed by atoms with Gasteiger partial charge in [-0.05, 0) is 38.0 Å². The summed E-state index contributed by atoms with van der Waals surface area (Å²) in [5.41, 5.74) is 2.00. The van der Waals surface area contributed by atoms with Crippen LogP contribution in [0.3, 0.4) is 0 Å². The zero-order valence-electron chi connectivity index (χ0n) is 15.0. The van der Waals surface area contributed by atoms with Crippen LogP contribution in [0, 0.1) is 13.8 Å². The largest absolute Gasteiger partial charge is 0.486 e. The maximum Gasteiger partial charge on any atom is 0.345 e. The number of carbonyl (C=O) groups excluding carboxylic acids is 1. The first-order valence-electron chi connectivity index (χ1n) is 8.74. The molecule has 2 aromatic rings. The van der Waals surface area contributed by atoms with Crippen molar-refractivity contribution < 1.29 is 14.3 Å². The topological polar surface area (TPSA) is 93.3 Å². The number of H-pyrrole nitrogens is 1. The molecule has 1 amide bonds. The molecule has 0 unspecified atom stereocenters. The summed E-state index contributed by atoms with van der Waals surface area (Å²) < 4.78 is 11.5. The molecular formula is C19H23N3O4. The Labute approximate surface area is 151 Å². The summed E-state index contributed by atoms with van der Waals surface area (Å²) in [7, 11) is 0. The van der Waals surface area contributed by atoms with Crippen molar-refractivity contribution in [2.24, 2.45) is 0 Å². The van der Waals surface area contributed by atoms with E-state index in [1.807, 2.05) is 31.2 Å². The molecule has 1 aliphatic rings. The van der Waals surface area contributed by atoms with E-state index in [1.165, 1.54) is 0 Å². The van der Waals surface area contributed by atoms with Crippen LogP contribution in [-0.4, -0.2) is 35.1 Å². The van der Waals surface area contributed by atoms with Crippen LogP contribution in [0.2, 0.25) is 0 Å². The molecule has 1 aliphatic heterocycles. The number of aromatic amines is 1. The van der Waals surface area contributed by atoms with Gasteiger partial charge in [0.05, 0.1) is 0 Å². The molecule has 26 heavy (non-hydrogen) atoms. The second kappa shape index (κ2) is 8.03. The van der Waals surface area contributed by atoms with Crippen LogP contribution in [-0.2, 0) is 11.2 Å². The lowest BCUT2D eigenvalue weighted by atomic mass is 10.1. The number of hydrogen-bond donors (Lipinski definition) is 2. The summed E-state index contributed by atoms with van der Waals surface area (Å²) in [4.78, 5) is 29.9. The van der Waals surface area contributed by atoms with E-state index in [4.69, 9.17) is 9.47 Å². The van der Waals surface area contributed by atoms with Crippen LogP contribution in [0.5, 0.6) is 11.5 Å². The second-order valence-electron chi connectivity index (χ2n) is 6.37. The molecule has 7 nitrogen and oxygen atoms in total. The second-order valence-corrected chi connectivity index (χ2v) is 6.37. The van der Waals surface area contributed by atoms with Crippen molar-refractivity contribution >= 4 is 5.91 Å². The number of carbonyl (C=O) groups is 1. The molecule has 0 saturated heterocycles. The Morgan fingerprint density at radius 3 is 2.85 bits per heavy atom. The summed E-state index contributed by atoms with van der Waals surface area (Å²) in [6.07, 6.45) is 1.50. The third kappa shape index (κ3) is 4.41. The summed E-state index contributed by atoms with van der Waals surface area (Å²) in [6.45, 7) is 4.61. The Morgan fingerprint density at radius 2 is 2.08 bits per heavy atom. The van der Waals surface area contributed by atoms with E-state index in [2.05, 4.69) is 15.3 Å². The highest BCUT2D eigenvalue weighted by Gasteiger charge is 2.20. The van der Waals surface area contributed by atoms with Crippen molar-refractivity contribution in [1.82, 2.24) is 15.3 Å². The van der Waals surface area contributed by atoms with Crippen LogP contribution in [0.4, 0.5) is 0 Å². The fraction of sp³-hybridized carbons (Fsp3) is 0.421. The highest BCUT2D eigenvalue weighted by Crippen LogP contribution is 2.31. The van der Waals surface area contributed by atoms with Crippen molar-refractivity contribution in [2.75, 3.05) is 13.2 Å². The molecule has 1 atom stereocenters. The van der Waals surface area contributed by atoms with E-state index in [0.717, 1.165) is 22.8 Å². The molecule has 3 rings (SSSR count). The highest BCUT2D eigenvalue weighted by molar-refractivity contribution is 5.76. The van der Waals surface area contributed by atoms with Crippen LogP contribution in [0.1, 0.15) is 29.8 Å². The van der Waals surface area contributed by atoms with E-state index in [9.17, 15) is 9.59 Å². The number of fused-ring (bicyclic) bond motifs is 1. The fourth-order valence-corrected chi connectivity index (χ4v) is 3.03. The Balaban J connectivity index is 1.42. The standard InChI is InChI=1S/C19H23N3O4/c1-12-15(13(2)22-19(24)21-12)7-8-18(23)20-10-9-14-11-25-16-5-3-4-6-17(16)26-14/h3-6,14H,7-11H2,1-2H3,(H,20,23)(H,21,22,24)/t14-/m0/s1. The quantitative estimate of drug-likeness (QED) is 0.820. The van der Waals surface area contributed by atoms with Crippen molar-refractivity contribution in [3.63, 3.8) is 0 Å². The van der Waals surface area contributed by atoms with Gasteiger partial charge in [-0.2, -0.15) is 4.98 Å². The smallest absolute Gasteiger partial charge is 0.345 e. The summed E-state index contributed by atoms with van der Waals surface area (Å²) in [5, 5.41) is 2.91. The minimum absolute atomic E-state index is 0.0351. The molecule has 0 spiro atoms. The lowest BCUT2D eigenvalue weighted by Crippen LogP contribution is -2.34. The minimum atomic E-state index is -0.357. The summed E-state index contributed by atoms with van der Waals surface area (Å²) in [5.74, 6) is 1.46. The summed E-state index contributed by atoms with van der Waals surface area (Å²) >= 11 is 0. The van der Waals surface area contributed by atoms with Gasteiger partial charge < -0.3 is 19.8 Å². The molecule has 7 heteroatoms. The SMILES string of the molecule is Cc1nc(=O)[nH]c(C)c1CCC(=O)NCC[C@H]1COc2ccccc2O1. The van der Waals surface area contributed by atoms with E-state index >= 15 is 0 Å². The van der Waals surface area contributed by atoms with Crippen LogP contribution < -0.4 is 20.5 Å². The first-order valence-corrected chi connectivity index (χ1v) is 8.74. The molecule has 1 aromatic heterocycles. The van der Waals surface area contributed by atoms with Crippen LogP contribution >= 0.6 is 0 Å². The average Bonchev–Trinajstić information content (AvgIpc) is 2.60. The van der Waals surface area contributed by atoms with Crippen molar-refractivity contribution in [2.45, 2.75) is 39.2 Å². The molecule has 0 aliphatic carbocycles. The number of nitrogens with zero attached hydrogens (tertiary/aromatic N) is 1. The van der Waals surface area contributed by atoms with Gasteiger partial charge in [0.2, 0.25) is 5.91 Å². The van der Waals surface area contributed by atoms with E-state index in [1.54, 1.807) is 6.92 Å². The third-order valence-electron chi connectivity index (χ3n) is 4.41. The first kappa shape index (κ1) is 18.0. The van der Waals surface area contributed by atoms with Crippen molar-refractivity contribution in [1.29, 1.82) is 0 Å². The Kier molecular flexibility index (Phi) is 5.55. The van der Waals surface area contributed by atoms with Gasteiger partial charge in [-0.25, -0.2) is 4.79 Å². The maximum atomic E-state index is 12.1. The molecular weight excluding hydrogens is 334 g/mol. The van der Waals surface area contributed by atoms with Crippen LogP contribution in [0.15, 0.2) is 29.1 Å². The number of amides is 1. The number of benzene rings is 1. The maximum absolute atomic E-state index is 12.1. The molecule has 2 N–H and O–H groups in total. The normalized spacial score (nSPS) is 15.5. The summed E-state index contributed by atoms with van der Waals surface area (Å²) in [6, 6.07) is 7.57. The van der Waals surface area contributed by atoms with E-state index < -0.39 is 0 Å². The zero-order valence-corrected chi connectivity index (χ0v) is 15.0. The molecule has 1 aromatic carbocycles. The first-order chi connectivity index (χ1) is 12.5. The van der Waals surface area contributed by atoms with Gasteiger partial charge in [0.1, 0.15) is 12.7 Å². The molecule has 2 heterocycles. The molecule has 0 saturated carbocycles. The number of aryl methyl sites for hydroxylation is 2. The van der Waals surface area contributed by atoms with Gasteiger partial charge in [-0.1, -0.05) is 12.1 Å². The van der Waals surface area contributed by atoms with Gasteiger partial charge in [0.15, 0.2) is 11.5 Å². The van der Waals surface area contributed by atoms with Crippen molar-refractivity contribution in [3.05, 3.63) is 51.7 Å². The molecule has 138 valence electrons. The Hall–Kier alpha value is -2.83. The lowest BCUT2D eigenvalue weighted by molar-refractivity contribution is -0.121. The predicted molar refractivity (Wildman–Crippen MR) is 96.6 cm³/mol. The highest BCUT2D eigenvalue weighted by atomic mass is 16.6. The van der Waals surface area contributed by atoms with Gasteiger partial charge in [-0.3, -0.25) is 4.79 Å². The van der Waals surface area contributed by atoms with E-state index in [0.29, 0.717) is 38.1 Å². The van der Waals surface area contributed by atoms with Gasteiger partial charge >= 0.3 is 5.69 Å². The fourth-order valence-electron chi connectivity index (χ4n) is 3.03. The Morgan fingerprint density at radius 1 is 1.31 bits per heavy atom. The van der Waals surface area contributed by atoms with E-state index in [-0.39, 0.29) is 17.7 Å². The van der Waals surface area contributed by atoms with Crippen molar-refractivity contribution in [3.8, 4) is 11.5 Å². The number of para-hydroxylation sites is 2. The monoisotopic (exact) mass is 357 g/mol. The minimum Gasteiger partial charge on any atom is -0.486 e. The molecule has 0 fully saturated rings.